The lowest BCUT2D eigenvalue weighted by atomic mass is 10.2. The van der Waals surface area contributed by atoms with Crippen molar-refractivity contribution in [1.82, 2.24) is 4.98 Å². The third kappa shape index (κ3) is 1.13. The van der Waals surface area contributed by atoms with Gasteiger partial charge in [0.2, 0.25) is 0 Å². The van der Waals surface area contributed by atoms with Gasteiger partial charge >= 0.3 is 0 Å². The van der Waals surface area contributed by atoms with E-state index in [-0.39, 0.29) is 0 Å². The van der Waals surface area contributed by atoms with Crippen molar-refractivity contribution in [3.05, 3.63) is 28.8 Å². The van der Waals surface area contributed by atoms with Gasteiger partial charge in [-0.2, -0.15) is 0 Å². The van der Waals surface area contributed by atoms with E-state index in [2.05, 4.69) is 20.0 Å². The zero-order valence-electron chi connectivity index (χ0n) is 8.05. The fourth-order valence-electron chi connectivity index (χ4n) is 1.58. The standard InChI is InChI=1S/C10H8N4O/c1-5(15)9-13-7-4-12-10-6(2-3-11-10)8(7)14-9/h2-5,15H,1H3. The summed E-state index contributed by atoms with van der Waals surface area (Å²) in [6.45, 7) is 1.64. The number of rotatable bonds is 1. The highest BCUT2D eigenvalue weighted by Gasteiger charge is 2.17. The number of aliphatic imine (C=N–C) groups is 1. The number of nitrogens with zero attached hydrogens (tertiary/aromatic N) is 4. The Labute approximate surface area is 85.3 Å². The summed E-state index contributed by atoms with van der Waals surface area (Å²) in [5, 5.41) is 10.1. The van der Waals surface area contributed by atoms with Crippen LogP contribution < -0.4 is 10.8 Å². The normalized spacial score (nSPS) is 17.6. The first-order valence-electron chi connectivity index (χ1n) is 4.64. The maximum atomic E-state index is 9.39. The first-order chi connectivity index (χ1) is 7.25. The second-order valence-electron chi connectivity index (χ2n) is 3.43. The summed E-state index contributed by atoms with van der Waals surface area (Å²) < 4.78 is 0. The van der Waals surface area contributed by atoms with Crippen LogP contribution >= 0.6 is 0 Å². The smallest absolute Gasteiger partial charge is 0.161 e. The third-order valence-corrected chi connectivity index (χ3v) is 2.32. The van der Waals surface area contributed by atoms with Crippen molar-refractivity contribution < 1.29 is 5.11 Å². The number of hydrogen-bond acceptors (Lipinski definition) is 5. The number of fused-ring (bicyclic) bond motifs is 3. The summed E-state index contributed by atoms with van der Waals surface area (Å²) in [6, 6.07) is 0. The molecule has 0 spiro atoms. The molecular formula is C10H8N4O. The van der Waals surface area contributed by atoms with Gasteiger partial charge in [-0.15, -0.1) is 0 Å². The number of pyridine rings is 1. The molecular weight excluding hydrogens is 192 g/mol. The molecule has 0 fully saturated rings. The van der Waals surface area contributed by atoms with Crippen LogP contribution in [0.4, 0.5) is 5.69 Å². The maximum absolute atomic E-state index is 9.39. The van der Waals surface area contributed by atoms with Crippen LogP contribution in [0, 0.1) is 0 Å². The molecule has 0 saturated carbocycles. The van der Waals surface area contributed by atoms with Crippen LogP contribution in [0.25, 0.3) is 6.08 Å². The average molecular weight is 200 g/mol. The van der Waals surface area contributed by atoms with E-state index in [0.29, 0.717) is 16.7 Å². The molecule has 3 heterocycles. The Balaban J connectivity index is 2.29. The Morgan fingerprint density at radius 1 is 1.33 bits per heavy atom. The number of hydrogen-bond donors (Lipinski definition) is 1. The Hall–Kier alpha value is -1.88. The van der Waals surface area contributed by atoms with Crippen molar-refractivity contribution >= 4 is 17.6 Å². The summed E-state index contributed by atoms with van der Waals surface area (Å²) in [7, 11) is 0. The van der Waals surface area contributed by atoms with Crippen molar-refractivity contribution in [2.24, 2.45) is 15.0 Å². The summed E-state index contributed by atoms with van der Waals surface area (Å²) in [5.41, 5.74) is 2.31. The molecule has 0 aromatic carbocycles. The molecule has 2 aliphatic rings. The number of amidine groups is 1. The average Bonchev–Trinajstić information content (AvgIpc) is 2.82. The molecule has 1 unspecified atom stereocenters. The van der Waals surface area contributed by atoms with Gasteiger partial charge in [-0.05, 0) is 13.0 Å². The largest absolute Gasteiger partial charge is 0.385 e. The third-order valence-electron chi connectivity index (χ3n) is 2.32. The quantitative estimate of drug-likeness (QED) is 0.677. The Bertz CT molecular complexity index is 613. The molecule has 0 aliphatic carbocycles. The maximum Gasteiger partial charge on any atom is 0.161 e. The summed E-state index contributed by atoms with van der Waals surface area (Å²) in [6.07, 6.45) is 4.51. The van der Waals surface area contributed by atoms with Gasteiger partial charge in [-0.1, -0.05) is 0 Å². The van der Waals surface area contributed by atoms with E-state index in [9.17, 15) is 5.11 Å². The minimum absolute atomic E-state index is 0.431. The molecule has 15 heavy (non-hydrogen) atoms. The van der Waals surface area contributed by atoms with Crippen LogP contribution in [0.15, 0.2) is 27.4 Å². The van der Waals surface area contributed by atoms with E-state index in [1.54, 1.807) is 19.3 Å². The molecule has 2 aliphatic heterocycles. The lowest BCUT2D eigenvalue weighted by molar-refractivity contribution is 0.261. The molecule has 1 atom stereocenters. The molecule has 0 saturated heterocycles. The first kappa shape index (κ1) is 8.43. The number of aliphatic hydroxyl groups excluding tert-OH is 1. The van der Waals surface area contributed by atoms with E-state index in [1.807, 2.05) is 6.08 Å². The van der Waals surface area contributed by atoms with Crippen molar-refractivity contribution in [1.29, 1.82) is 0 Å². The molecule has 5 heteroatoms. The van der Waals surface area contributed by atoms with Crippen molar-refractivity contribution in [3.63, 3.8) is 0 Å². The zero-order valence-corrected chi connectivity index (χ0v) is 8.05. The van der Waals surface area contributed by atoms with Gasteiger partial charge in [0.25, 0.3) is 0 Å². The second-order valence-corrected chi connectivity index (χ2v) is 3.43. The Morgan fingerprint density at radius 2 is 2.20 bits per heavy atom. The molecule has 0 amide bonds. The van der Waals surface area contributed by atoms with Crippen molar-refractivity contribution in [2.45, 2.75) is 13.0 Å². The van der Waals surface area contributed by atoms with Crippen molar-refractivity contribution in [3.8, 4) is 0 Å². The molecule has 1 N–H and O–H groups in total. The van der Waals surface area contributed by atoms with E-state index >= 15 is 0 Å². The zero-order chi connectivity index (χ0) is 10.4. The SMILES string of the molecule is CC(O)C1=Nc2c3c(ncc2=N1)=NC=C3. The molecule has 0 radical (unpaired) electrons. The first-order valence-corrected chi connectivity index (χ1v) is 4.64. The monoisotopic (exact) mass is 200 g/mol. The highest BCUT2D eigenvalue weighted by molar-refractivity contribution is 5.92. The predicted molar refractivity (Wildman–Crippen MR) is 54.4 cm³/mol. The van der Waals surface area contributed by atoms with Gasteiger partial charge in [0.1, 0.15) is 17.1 Å². The van der Waals surface area contributed by atoms with Crippen LogP contribution in [-0.2, 0) is 0 Å². The van der Waals surface area contributed by atoms with Crippen molar-refractivity contribution in [2.75, 3.05) is 0 Å². The van der Waals surface area contributed by atoms with Crippen LogP contribution in [0.1, 0.15) is 12.5 Å². The Morgan fingerprint density at radius 3 is 3.00 bits per heavy atom. The number of aromatic nitrogens is 1. The molecule has 1 aromatic heterocycles. The van der Waals surface area contributed by atoms with Crippen LogP contribution in [0.5, 0.6) is 0 Å². The highest BCUT2D eigenvalue weighted by Crippen LogP contribution is 2.18. The van der Waals surface area contributed by atoms with Gasteiger partial charge in [0, 0.05) is 11.8 Å². The molecule has 74 valence electrons. The topological polar surface area (TPSA) is 70.2 Å². The predicted octanol–water partition coefficient (Wildman–Crippen LogP) is -0.271. The second kappa shape index (κ2) is 2.80. The minimum atomic E-state index is -0.657. The van der Waals surface area contributed by atoms with Crippen LogP contribution in [-0.4, -0.2) is 22.0 Å². The summed E-state index contributed by atoms with van der Waals surface area (Å²) in [5.74, 6) is 0.431. The highest BCUT2D eigenvalue weighted by atomic mass is 16.3. The van der Waals surface area contributed by atoms with E-state index < -0.39 is 6.10 Å². The molecule has 1 aromatic rings. The molecule has 5 nitrogen and oxygen atoms in total. The fourth-order valence-corrected chi connectivity index (χ4v) is 1.58. The van der Waals surface area contributed by atoms with Gasteiger partial charge in [0.05, 0.1) is 6.20 Å². The van der Waals surface area contributed by atoms with E-state index in [0.717, 1.165) is 11.3 Å². The van der Waals surface area contributed by atoms with Gasteiger partial charge in [0.15, 0.2) is 11.3 Å². The molecule has 3 rings (SSSR count). The van der Waals surface area contributed by atoms with E-state index in [1.165, 1.54) is 0 Å². The molecule has 0 bridgehead atoms. The van der Waals surface area contributed by atoms with Crippen LogP contribution in [0.3, 0.4) is 0 Å². The van der Waals surface area contributed by atoms with Gasteiger partial charge in [-0.25, -0.2) is 20.0 Å². The minimum Gasteiger partial charge on any atom is -0.385 e. The fraction of sp³-hybridized carbons (Fsp3) is 0.200. The summed E-state index contributed by atoms with van der Waals surface area (Å²) in [4.78, 5) is 16.7. The van der Waals surface area contributed by atoms with Gasteiger partial charge in [-0.3, -0.25) is 0 Å². The Kier molecular flexibility index (Phi) is 1.58. The van der Waals surface area contributed by atoms with Gasteiger partial charge < -0.3 is 5.11 Å². The summed E-state index contributed by atoms with van der Waals surface area (Å²) >= 11 is 0. The number of aliphatic hydroxyl groups is 1. The van der Waals surface area contributed by atoms with Crippen LogP contribution in [0.2, 0.25) is 0 Å². The lowest BCUT2D eigenvalue weighted by Gasteiger charge is -1.97. The van der Waals surface area contributed by atoms with E-state index in [4.69, 9.17) is 0 Å². The lowest BCUT2D eigenvalue weighted by Crippen LogP contribution is -2.16.